The van der Waals surface area contributed by atoms with E-state index in [1.165, 1.54) is 7.11 Å². The molecule has 1 aliphatic carbocycles. The van der Waals surface area contributed by atoms with Crippen LogP contribution in [0.2, 0.25) is 0 Å². The van der Waals surface area contributed by atoms with Crippen molar-refractivity contribution in [3.05, 3.63) is 89.5 Å². The van der Waals surface area contributed by atoms with E-state index in [2.05, 4.69) is 5.32 Å². The summed E-state index contributed by atoms with van der Waals surface area (Å²) in [6.07, 6.45) is -2.71. The Balaban J connectivity index is 1.53. The van der Waals surface area contributed by atoms with Gasteiger partial charge in [0.1, 0.15) is 12.4 Å². The number of para-hydroxylation sites is 1. The third-order valence-corrected chi connectivity index (χ3v) is 5.66. The van der Waals surface area contributed by atoms with E-state index in [0.717, 1.165) is 22.3 Å². The molecule has 3 N–H and O–H groups in total. The van der Waals surface area contributed by atoms with Gasteiger partial charge in [0, 0.05) is 11.5 Å². The topological polar surface area (TPSA) is 105 Å². The highest BCUT2D eigenvalue weighted by Crippen LogP contribution is 2.44. The van der Waals surface area contributed by atoms with Gasteiger partial charge in [-0.2, -0.15) is 0 Å². The number of carbonyl (C=O) groups is 2. The van der Waals surface area contributed by atoms with Crippen LogP contribution in [-0.2, 0) is 9.53 Å². The molecule has 0 bridgehead atoms. The smallest absolute Gasteiger partial charge is 0.407 e. The number of carbonyl (C=O) groups excluding carboxylic acids is 1. The maximum absolute atomic E-state index is 12.7. The van der Waals surface area contributed by atoms with E-state index < -0.39 is 24.2 Å². The maximum atomic E-state index is 12.7. The summed E-state index contributed by atoms with van der Waals surface area (Å²) in [7, 11) is 1.43. The monoisotopic (exact) mass is 433 g/mol. The molecule has 4 rings (SSSR count). The minimum atomic E-state index is -1.88. The molecule has 7 nitrogen and oxygen atoms in total. The summed E-state index contributed by atoms with van der Waals surface area (Å²) >= 11 is 0. The summed E-state index contributed by atoms with van der Waals surface area (Å²) in [5.41, 5.74) is 4.66. The van der Waals surface area contributed by atoms with Crippen molar-refractivity contribution in [1.82, 2.24) is 5.32 Å². The number of alkyl carbamates (subject to hydrolysis) is 1. The second-order valence-electron chi connectivity index (χ2n) is 7.47. The quantitative estimate of drug-likeness (QED) is 0.525. The number of methoxy groups -OCH3 is 1. The van der Waals surface area contributed by atoms with Gasteiger partial charge in [-0.25, -0.2) is 9.59 Å². The first-order valence-corrected chi connectivity index (χ1v) is 10.2. The molecule has 1 aliphatic rings. The summed E-state index contributed by atoms with van der Waals surface area (Å²) in [6.45, 7) is 0.0711. The number of fused-ring (bicyclic) bond motifs is 3. The average Bonchev–Trinajstić information content (AvgIpc) is 3.14. The van der Waals surface area contributed by atoms with Crippen LogP contribution in [0, 0.1) is 0 Å². The largest absolute Gasteiger partial charge is 0.496 e. The number of amides is 1. The Kier molecular flexibility index (Phi) is 6.09. The van der Waals surface area contributed by atoms with Crippen molar-refractivity contribution >= 4 is 12.1 Å². The number of hydrogen-bond donors (Lipinski definition) is 3. The third-order valence-electron chi connectivity index (χ3n) is 5.66. The highest BCUT2D eigenvalue weighted by molar-refractivity contribution is 5.79. The van der Waals surface area contributed by atoms with Gasteiger partial charge in [-0.15, -0.1) is 0 Å². The van der Waals surface area contributed by atoms with Crippen LogP contribution in [-0.4, -0.2) is 42.1 Å². The van der Waals surface area contributed by atoms with Crippen LogP contribution in [0.15, 0.2) is 72.8 Å². The first kappa shape index (κ1) is 21.4. The zero-order valence-electron chi connectivity index (χ0n) is 17.4. The highest BCUT2D eigenvalue weighted by atomic mass is 16.5. The number of hydrogen-bond acceptors (Lipinski definition) is 5. The first-order valence-electron chi connectivity index (χ1n) is 10.2. The van der Waals surface area contributed by atoms with Crippen molar-refractivity contribution in [1.29, 1.82) is 0 Å². The van der Waals surface area contributed by atoms with Gasteiger partial charge in [0.15, 0.2) is 6.10 Å². The lowest BCUT2D eigenvalue weighted by molar-refractivity contribution is -0.148. The van der Waals surface area contributed by atoms with E-state index in [0.29, 0.717) is 11.3 Å². The Morgan fingerprint density at radius 1 is 0.938 bits per heavy atom. The number of carboxylic acid groups (broad SMARTS) is 1. The minimum Gasteiger partial charge on any atom is -0.496 e. The van der Waals surface area contributed by atoms with Gasteiger partial charge in [-0.3, -0.25) is 0 Å². The van der Waals surface area contributed by atoms with Gasteiger partial charge in [-0.1, -0.05) is 66.7 Å². The van der Waals surface area contributed by atoms with Crippen molar-refractivity contribution in [2.45, 2.75) is 18.1 Å². The van der Waals surface area contributed by atoms with Crippen molar-refractivity contribution in [3.63, 3.8) is 0 Å². The summed E-state index contributed by atoms with van der Waals surface area (Å²) in [4.78, 5) is 24.1. The Hall–Kier alpha value is -3.84. The molecule has 0 aromatic heterocycles. The number of ether oxygens (including phenoxy) is 2. The van der Waals surface area contributed by atoms with Crippen LogP contribution in [0.3, 0.4) is 0 Å². The molecule has 32 heavy (non-hydrogen) atoms. The molecule has 0 saturated carbocycles. The SMILES string of the molecule is COc1ccccc1C(NC(=O)OCC1c2ccccc2-c2ccccc21)C(O)C(=O)O. The number of aliphatic hydroxyl groups excluding tert-OH is 1. The van der Waals surface area contributed by atoms with E-state index in [9.17, 15) is 19.8 Å². The number of benzene rings is 3. The fourth-order valence-electron chi connectivity index (χ4n) is 4.16. The second-order valence-corrected chi connectivity index (χ2v) is 7.47. The molecule has 0 spiro atoms. The first-order chi connectivity index (χ1) is 15.5. The summed E-state index contributed by atoms with van der Waals surface area (Å²) in [6, 6.07) is 21.2. The zero-order chi connectivity index (χ0) is 22.7. The Morgan fingerprint density at radius 3 is 2.09 bits per heavy atom. The Labute approximate surface area is 185 Å². The molecule has 2 unspecified atom stereocenters. The molecule has 1 amide bonds. The molecule has 0 aliphatic heterocycles. The van der Waals surface area contributed by atoms with Gasteiger partial charge in [0.2, 0.25) is 0 Å². The highest BCUT2D eigenvalue weighted by Gasteiger charge is 2.33. The molecule has 0 heterocycles. The maximum Gasteiger partial charge on any atom is 0.407 e. The lowest BCUT2D eigenvalue weighted by Gasteiger charge is -2.24. The number of aliphatic carboxylic acids is 1. The molecule has 0 radical (unpaired) electrons. The van der Waals surface area contributed by atoms with Crippen LogP contribution in [0.1, 0.15) is 28.7 Å². The number of aliphatic hydroxyl groups is 1. The molecular formula is C25H23NO6. The number of carboxylic acids is 1. The molecule has 2 atom stereocenters. The predicted molar refractivity (Wildman–Crippen MR) is 118 cm³/mol. The van der Waals surface area contributed by atoms with Gasteiger partial charge in [0.05, 0.1) is 13.2 Å². The Morgan fingerprint density at radius 2 is 1.50 bits per heavy atom. The normalized spacial score (nSPS) is 14.1. The standard InChI is InChI=1S/C25H23NO6/c1-31-21-13-7-6-12-19(21)22(23(27)24(28)29)26-25(30)32-14-20-17-10-4-2-8-15(17)16-9-3-5-11-18(16)20/h2-13,20,22-23,27H,14H2,1H3,(H,26,30)(H,28,29). The van der Waals surface area contributed by atoms with Crippen LogP contribution in [0.25, 0.3) is 11.1 Å². The van der Waals surface area contributed by atoms with Crippen molar-refractivity contribution in [2.75, 3.05) is 13.7 Å². The van der Waals surface area contributed by atoms with E-state index >= 15 is 0 Å². The van der Waals surface area contributed by atoms with Gasteiger partial charge >= 0.3 is 12.1 Å². The molecule has 164 valence electrons. The second kappa shape index (κ2) is 9.11. The lowest BCUT2D eigenvalue weighted by atomic mass is 9.98. The van der Waals surface area contributed by atoms with Gasteiger partial charge < -0.3 is 25.0 Å². The van der Waals surface area contributed by atoms with Crippen LogP contribution >= 0.6 is 0 Å². The van der Waals surface area contributed by atoms with E-state index in [1.807, 2.05) is 48.5 Å². The van der Waals surface area contributed by atoms with E-state index in [4.69, 9.17) is 9.47 Å². The Bertz CT molecular complexity index is 1100. The van der Waals surface area contributed by atoms with Crippen LogP contribution in [0.5, 0.6) is 5.75 Å². The van der Waals surface area contributed by atoms with Crippen molar-refractivity contribution in [3.8, 4) is 16.9 Å². The molecule has 3 aromatic carbocycles. The molecule has 7 heteroatoms. The molecular weight excluding hydrogens is 410 g/mol. The van der Waals surface area contributed by atoms with Crippen molar-refractivity contribution < 1.29 is 29.3 Å². The minimum absolute atomic E-state index is 0.0711. The lowest BCUT2D eigenvalue weighted by Crippen LogP contribution is -2.41. The summed E-state index contributed by atoms with van der Waals surface area (Å²) in [5, 5.41) is 22.0. The molecule has 3 aromatic rings. The predicted octanol–water partition coefficient (Wildman–Crippen LogP) is 3.72. The fraction of sp³-hybridized carbons (Fsp3) is 0.200. The summed E-state index contributed by atoms with van der Waals surface area (Å²) in [5.74, 6) is -1.26. The molecule has 0 saturated heterocycles. The van der Waals surface area contributed by atoms with E-state index in [-0.39, 0.29) is 12.5 Å². The fourth-order valence-corrected chi connectivity index (χ4v) is 4.16. The van der Waals surface area contributed by atoms with Crippen molar-refractivity contribution in [2.24, 2.45) is 0 Å². The zero-order valence-corrected chi connectivity index (χ0v) is 17.4. The number of rotatable bonds is 7. The molecule has 0 fully saturated rings. The average molecular weight is 433 g/mol. The van der Waals surface area contributed by atoms with Gasteiger partial charge in [-0.05, 0) is 28.3 Å². The van der Waals surface area contributed by atoms with E-state index in [1.54, 1.807) is 24.3 Å². The number of nitrogens with one attached hydrogen (secondary N) is 1. The van der Waals surface area contributed by atoms with Crippen LogP contribution < -0.4 is 10.1 Å². The van der Waals surface area contributed by atoms with Crippen LogP contribution in [0.4, 0.5) is 4.79 Å². The summed E-state index contributed by atoms with van der Waals surface area (Å²) < 4.78 is 10.8. The van der Waals surface area contributed by atoms with Gasteiger partial charge in [0.25, 0.3) is 0 Å². The third kappa shape index (κ3) is 4.02.